The van der Waals surface area contributed by atoms with Crippen molar-refractivity contribution < 1.29 is 14.3 Å². The van der Waals surface area contributed by atoms with Crippen molar-refractivity contribution in [3.63, 3.8) is 0 Å². The van der Waals surface area contributed by atoms with E-state index in [9.17, 15) is 4.79 Å². The van der Waals surface area contributed by atoms with Crippen molar-refractivity contribution in [1.29, 1.82) is 0 Å². The molecular weight excluding hydrogens is 372 g/mol. The number of Topliss-reactive ketones (excluding diaryl/α,β-unsaturated/α-hetero) is 1. The van der Waals surface area contributed by atoms with Gasteiger partial charge in [0.25, 0.3) is 0 Å². The van der Waals surface area contributed by atoms with E-state index in [2.05, 4.69) is 19.1 Å². The van der Waals surface area contributed by atoms with E-state index in [1.807, 2.05) is 36.4 Å². The Morgan fingerprint density at radius 2 is 1.82 bits per heavy atom. The molecule has 3 aromatic rings. The number of carbonyl (C=O) groups excluding carboxylic acids is 1. The van der Waals surface area contributed by atoms with Gasteiger partial charge in [0, 0.05) is 11.1 Å². The normalized spacial score (nSPS) is 14.1. The van der Waals surface area contributed by atoms with Crippen LogP contribution in [-0.2, 0) is 13.0 Å². The molecule has 0 bridgehead atoms. The minimum atomic E-state index is -0.115. The number of halogens is 1. The predicted molar refractivity (Wildman–Crippen MR) is 111 cm³/mol. The van der Waals surface area contributed by atoms with E-state index in [1.165, 1.54) is 5.56 Å². The Kier molecular flexibility index (Phi) is 5.18. The Hall–Kier alpha value is -3.04. The summed E-state index contributed by atoms with van der Waals surface area (Å²) in [6, 6.07) is 20.9. The third-order valence-electron chi connectivity index (χ3n) is 4.62. The van der Waals surface area contributed by atoms with E-state index in [0.29, 0.717) is 34.5 Å². The van der Waals surface area contributed by atoms with Gasteiger partial charge in [-0.25, -0.2) is 0 Å². The van der Waals surface area contributed by atoms with Crippen LogP contribution in [0.25, 0.3) is 6.08 Å². The largest absolute Gasteiger partial charge is 0.489 e. The molecule has 28 heavy (non-hydrogen) atoms. The Morgan fingerprint density at radius 3 is 2.57 bits per heavy atom. The molecule has 0 fully saturated rings. The number of rotatable bonds is 5. The third-order valence-corrected chi connectivity index (χ3v) is 4.86. The first kappa shape index (κ1) is 18.3. The van der Waals surface area contributed by atoms with Crippen LogP contribution in [0.4, 0.5) is 0 Å². The second-order valence-electron chi connectivity index (χ2n) is 6.61. The summed E-state index contributed by atoms with van der Waals surface area (Å²) in [5.41, 5.74) is 3.71. The highest BCUT2D eigenvalue weighted by Gasteiger charge is 2.27. The van der Waals surface area contributed by atoms with Gasteiger partial charge >= 0.3 is 0 Å². The van der Waals surface area contributed by atoms with Gasteiger partial charge in [-0.3, -0.25) is 4.79 Å². The zero-order chi connectivity index (χ0) is 19.5. The molecule has 0 saturated heterocycles. The lowest BCUT2D eigenvalue weighted by Gasteiger charge is -2.07. The minimum Gasteiger partial charge on any atom is -0.489 e. The zero-order valence-electron chi connectivity index (χ0n) is 15.4. The Morgan fingerprint density at radius 1 is 1.00 bits per heavy atom. The highest BCUT2D eigenvalue weighted by atomic mass is 35.5. The lowest BCUT2D eigenvalue weighted by atomic mass is 10.1. The lowest BCUT2D eigenvalue weighted by Crippen LogP contribution is -1.98. The van der Waals surface area contributed by atoms with Crippen molar-refractivity contribution in [3.8, 4) is 11.5 Å². The SMILES string of the molecule is CCc1ccc(C=C2Oc3cc(OCc4cccc(Cl)c4)ccc3C2=O)cc1. The molecule has 4 rings (SSSR count). The van der Waals surface area contributed by atoms with Crippen molar-refractivity contribution in [2.45, 2.75) is 20.0 Å². The third kappa shape index (κ3) is 3.95. The predicted octanol–water partition coefficient (Wildman–Crippen LogP) is 6.10. The molecule has 0 amide bonds. The fraction of sp³-hybridized carbons (Fsp3) is 0.125. The average molecular weight is 391 g/mol. The fourth-order valence-electron chi connectivity index (χ4n) is 3.05. The standard InChI is InChI=1S/C24H19ClO3/c1-2-16-6-8-17(9-7-16)13-23-24(26)21-11-10-20(14-22(21)28-23)27-15-18-4-3-5-19(25)12-18/h3-14H,2,15H2,1H3. The summed E-state index contributed by atoms with van der Waals surface area (Å²) < 4.78 is 11.6. The van der Waals surface area contributed by atoms with Crippen LogP contribution in [0.15, 0.2) is 72.5 Å². The molecule has 0 unspecified atom stereocenters. The second-order valence-corrected chi connectivity index (χ2v) is 7.05. The number of benzene rings is 3. The molecule has 3 nitrogen and oxygen atoms in total. The molecule has 1 heterocycles. The first-order valence-corrected chi connectivity index (χ1v) is 9.54. The number of hydrogen-bond donors (Lipinski definition) is 0. The summed E-state index contributed by atoms with van der Waals surface area (Å²) >= 11 is 6.00. The van der Waals surface area contributed by atoms with Crippen LogP contribution in [0, 0.1) is 0 Å². The highest BCUT2D eigenvalue weighted by Crippen LogP contribution is 2.35. The molecule has 3 aromatic carbocycles. The van der Waals surface area contributed by atoms with Gasteiger partial charge in [0.1, 0.15) is 18.1 Å². The number of fused-ring (bicyclic) bond motifs is 1. The summed E-state index contributed by atoms with van der Waals surface area (Å²) in [4.78, 5) is 12.6. The van der Waals surface area contributed by atoms with Crippen LogP contribution >= 0.6 is 11.6 Å². The second kappa shape index (κ2) is 7.91. The molecule has 0 spiro atoms. The number of carbonyl (C=O) groups is 1. The number of aryl methyl sites for hydroxylation is 1. The van der Waals surface area contributed by atoms with Crippen LogP contribution in [0.5, 0.6) is 11.5 Å². The monoisotopic (exact) mass is 390 g/mol. The van der Waals surface area contributed by atoms with E-state index in [4.69, 9.17) is 21.1 Å². The van der Waals surface area contributed by atoms with E-state index >= 15 is 0 Å². The maximum absolute atomic E-state index is 12.6. The Balaban J connectivity index is 1.49. The number of allylic oxidation sites excluding steroid dienone is 1. The van der Waals surface area contributed by atoms with Crippen LogP contribution in [-0.4, -0.2) is 5.78 Å². The molecule has 140 valence electrons. The highest BCUT2D eigenvalue weighted by molar-refractivity contribution is 6.30. The Bertz CT molecular complexity index is 1050. The summed E-state index contributed by atoms with van der Waals surface area (Å²) in [6.45, 7) is 2.50. The van der Waals surface area contributed by atoms with Gasteiger partial charge in [0.05, 0.1) is 5.56 Å². The first-order chi connectivity index (χ1) is 13.6. The summed E-state index contributed by atoms with van der Waals surface area (Å²) in [7, 11) is 0. The van der Waals surface area contributed by atoms with E-state index in [-0.39, 0.29) is 5.78 Å². The van der Waals surface area contributed by atoms with Gasteiger partial charge in [-0.05, 0) is 53.5 Å². The fourth-order valence-corrected chi connectivity index (χ4v) is 3.26. The first-order valence-electron chi connectivity index (χ1n) is 9.17. The van der Waals surface area contributed by atoms with Gasteiger partial charge in [0.15, 0.2) is 5.76 Å². The quantitative estimate of drug-likeness (QED) is 0.494. The van der Waals surface area contributed by atoms with E-state index in [0.717, 1.165) is 17.5 Å². The van der Waals surface area contributed by atoms with Gasteiger partial charge in [-0.15, -0.1) is 0 Å². The maximum atomic E-state index is 12.6. The number of ether oxygens (including phenoxy) is 2. The minimum absolute atomic E-state index is 0.115. The smallest absolute Gasteiger partial charge is 0.231 e. The van der Waals surface area contributed by atoms with E-state index < -0.39 is 0 Å². The summed E-state index contributed by atoms with van der Waals surface area (Å²) in [5.74, 6) is 1.37. The maximum Gasteiger partial charge on any atom is 0.231 e. The van der Waals surface area contributed by atoms with Gasteiger partial charge in [-0.2, -0.15) is 0 Å². The molecule has 0 aliphatic carbocycles. The van der Waals surface area contributed by atoms with Crippen LogP contribution in [0.3, 0.4) is 0 Å². The average Bonchev–Trinajstić information content (AvgIpc) is 3.02. The number of hydrogen-bond acceptors (Lipinski definition) is 3. The molecule has 1 aliphatic rings. The molecule has 1 aliphatic heterocycles. The van der Waals surface area contributed by atoms with Crippen molar-refractivity contribution in [2.24, 2.45) is 0 Å². The van der Waals surface area contributed by atoms with Gasteiger partial charge in [0.2, 0.25) is 5.78 Å². The zero-order valence-corrected chi connectivity index (χ0v) is 16.2. The summed E-state index contributed by atoms with van der Waals surface area (Å²) in [6.07, 6.45) is 2.75. The van der Waals surface area contributed by atoms with E-state index in [1.54, 1.807) is 24.3 Å². The molecule has 4 heteroatoms. The molecule has 0 aromatic heterocycles. The molecule has 0 radical (unpaired) electrons. The number of ketones is 1. The van der Waals surface area contributed by atoms with Crippen LogP contribution in [0.1, 0.15) is 34.0 Å². The Labute approximate surface area is 169 Å². The summed E-state index contributed by atoms with van der Waals surface area (Å²) in [5, 5.41) is 0.672. The van der Waals surface area contributed by atoms with Crippen molar-refractivity contribution >= 4 is 23.5 Å². The van der Waals surface area contributed by atoms with Crippen molar-refractivity contribution in [3.05, 3.63) is 99.8 Å². The van der Waals surface area contributed by atoms with Crippen molar-refractivity contribution in [1.82, 2.24) is 0 Å². The van der Waals surface area contributed by atoms with Crippen molar-refractivity contribution in [2.75, 3.05) is 0 Å². The molecular formula is C24H19ClO3. The van der Waals surface area contributed by atoms with Crippen LogP contribution in [0.2, 0.25) is 5.02 Å². The van der Waals surface area contributed by atoms with Gasteiger partial charge in [-0.1, -0.05) is 54.9 Å². The molecule has 0 saturated carbocycles. The molecule has 0 atom stereocenters. The molecule has 0 N–H and O–H groups in total. The topological polar surface area (TPSA) is 35.5 Å². The lowest BCUT2D eigenvalue weighted by molar-refractivity contribution is 0.101. The van der Waals surface area contributed by atoms with Crippen LogP contribution < -0.4 is 9.47 Å². The van der Waals surface area contributed by atoms with Gasteiger partial charge < -0.3 is 9.47 Å².